The lowest BCUT2D eigenvalue weighted by Gasteiger charge is -2.26. The Balaban J connectivity index is 1.59. The Morgan fingerprint density at radius 3 is 2.43 bits per heavy atom. The molecule has 0 radical (unpaired) electrons. The van der Waals surface area contributed by atoms with E-state index in [0.29, 0.717) is 52.5 Å². The van der Waals surface area contributed by atoms with Crippen molar-refractivity contribution in [2.75, 3.05) is 27.4 Å². The quantitative estimate of drug-likeness (QED) is 0.309. The smallest absolute Gasteiger partial charge is 0.163 e. The number of aromatic nitrogens is 1. The van der Waals surface area contributed by atoms with Crippen LogP contribution < -0.4 is 14.2 Å². The average Bonchev–Trinajstić information content (AvgIpc) is 3.77. The fourth-order valence-corrected chi connectivity index (χ4v) is 4.48. The number of aliphatic hydroxyl groups is 1. The highest BCUT2D eigenvalue weighted by Gasteiger charge is 2.48. The van der Waals surface area contributed by atoms with Crippen LogP contribution >= 0.6 is 0 Å². The largest absolute Gasteiger partial charge is 0.494 e. The third-order valence-electron chi connectivity index (χ3n) is 6.71. The summed E-state index contributed by atoms with van der Waals surface area (Å²) < 4.78 is 46.7. The van der Waals surface area contributed by atoms with Gasteiger partial charge in [-0.3, -0.25) is 4.79 Å². The molecule has 3 aromatic rings. The van der Waals surface area contributed by atoms with Crippen LogP contribution in [0.2, 0.25) is 0 Å². The van der Waals surface area contributed by atoms with Gasteiger partial charge in [0.05, 0.1) is 26.5 Å². The van der Waals surface area contributed by atoms with Gasteiger partial charge in [0.1, 0.15) is 23.9 Å². The summed E-state index contributed by atoms with van der Waals surface area (Å²) in [6.45, 7) is 1.61. The van der Waals surface area contributed by atoms with E-state index in [1.165, 1.54) is 20.3 Å². The Bertz CT molecular complexity index is 1280. The fourth-order valence-electron chi connectivity index (χ4n) is 4.48. The molecule has 2 aromatic carbocycles. The molecule has 0 saturated heterocycles. The third-order valence-corrected chi connectivity index (χ3v) is 6.71. The van der Waals surface area contributed by atoms with Crippen LogP contribution in [0.3, 0.4) is 0 Å². The number of nitrogens with zero attached hydrogens (tertiary/aromatic N) is 1. The van der Waals surface area contributed by atoms with Gasteiger partial charge < -0.3 is 19.3 Å². The molecule has 8 heteroatoms. The zero-order valence-electron chi connectivity index (χ0n) is 21.2. The van der Waals surface area contributed by atoms with Gasteiger partial charge in [-0.05, 0) is 86.2 Å². The minimum atomic E-state index is -1.79. The predicted molar refractivity (Wildman–Crippen MR) is 136 cm³/mol. The molecule has 4 rings (SSSR count). The molecular formula is C29H31F2NO5. The van der Waals surface area contributed by atoms with Crippen LogP contribution in [0.25, 0.3) is 11.3 Å². The average molecular weight is 512 g/mol. The number of benzene rings is 2. The Morgan fingerprint density at radius 1 is 1.05 bits per heavy atom. The maximum absolute atomic E-state index is 16.6. The zero-order chi connectivity index (χ0) is 26.6. The predicted octanol–water partition coefficient (Wildman–Crippen LogP) is 5.82. The standard InChI is InChI=1S/C29H31F2NO5/c1-18-16-20(4-8-22(18)30)28-25(35-2)10-11-27(32-28)29(31,21-6-7-21)13-12-23(34)19-5-9-24(37-15-14-33)26(17-19)36-3/h4-5,8-11,16-17,21,33H,6-7,12-15H2,1-3H3. The summed E-state index contributed by atoms with van der Waals surface area (Å²) in [5.74, 6) is 0.450. The Morgan fingerprint density at radius 2 is 1.78 bits per heavy atom. The molecule has 1 unspecified atom stereocenters. The van der Waals surface area contributed by atoms with Crippen LogP contribution in [0.5, 0.6) is 17.2 Å². The molecule has 1 aromatic heterocycles. The molecule has 1 N–H and O–H groups in total. The maximum atomic E-state index is 16.6. The molecule has 37 heavy (non-hydrogen) atoms. The molecule has 0 aliphatic heterocycles. The number of alkyl halides is 1. The number of aliphatic hydroxyl groups excluding tert-OH is 1. The number of methoxy groups -OCH3 is 2. The van der Waals surface area contributed by atoms with E-state index >= 15 is 4.39 Å². The van der Waals surface area contributed by atoms with E-state index in [-0.39, 0.29) is 49.3 Å². The van der Waals surface area contributed by atoms with Gasteiger partial charge in [0.15, 0.2) is 23.0 Å². The monoisotopic (exact) mass is 511 g/mol. The Labute approximate surface area is 215 Å². The van der Waals surface area contributed by atoms with Crippen LogP contribution in [0.1, 0.15) is 47.3 Å². The van der Waals surface area contributed by atoms with Crippen molar-refractivity contribution in [3.63, 3.8) is 0 Å². The Kier molecular flexibility index (Phi) is 8.07. The van der Waals surface area contributed by atoms with Gasteiger partial charge in [-0.1, -0.05) is 0 Å². The van der Waals surface area contributed by atoms with E-state index in [0.717, 1.165) is 0 Å². The molecule has 0 amide bonds. The number of carbonyl (C=O) groups is 1. The third kappa shape index (κ3) is 5.74. The number of rotatable bonds is 12. The normalized spacial score (nSPS) is 14.6. The SMILES string of the molecule is COc1cc(C(=O)CCC(F)(c2ccc(OC)c(-c3ccc(F)c(C)c3)n2)C2CC2)ccc1OCCO. The summed E-state index contributed by atoms with van der Waals surface area (Å²) in [6, 6.07) is 12.7. The van der Waals surface area contributed by atoms with Crippen molar-refractivity contribution >= 4 is 5.78 Å². The van der Waals surface area contributed by atoms with E-state index < -0.39 is 5.67 Å². The lowest BCUT2D eigenvalue weighted by atomic mass is 9.87. The van der Waals surface area contributed by atoms with Crippen molar-refractivity contribution in [2.45, 2.75) is 38.3 Å². The molecule has 0 bridgehead atoms. The number of ether oxygens (including phenoxy) is 3. The summed E-state index contributed by atoms with van der Waals surface area (Å²) in [7, 11) is 2.97. The van der Waals surface area contributed by atoms with E-state index in [4.69, 9.17) is 19.3 Å². The topological polar surface area (TPSA) is 77.9 Å². The van der Waals surface area contributed by atoms with Crippen LogP contribution in [-0.4, -0.2) is 43.3 Å². The zero-order valence-corrected chi connectivity index (χ0v) is 21.2. The van der Waals surface area contributed by atoms with Gasteiger partial charge in [-0.2, -0.15) is 0 Å². The van der Waals surface area contributed by atoms with E-state index in [1.807, 2.05) is 0 Å². The van der Waals surface area contributed by atoms with Crippen molar-refractivity contribution in [3.05, 3.63) is 71.2 Å². The van der Waals surface area contributed by atoms with E-state index in [1.54, 1.807) is 49.4 Å². The summed E-state index contributed by atoms with van der Waals surface area (Å²) in [6.07, 6.45) is 1.39. The van der Waals surface area contributed by atoms with E-state index in [9.17, 15) is 9.18 Å². The van der Waals surface area contributed by atoms with Gasteiger partial charge in [-0.15, -0.1) is 0 Å². The number of halogens is 2. The second kappa shape index (κ2) is 11.3. The minimum absolute atomic E-state index is 0.0221. The van der Waals surface area contributed by atoms with Crippen LogP contribution in [0.4, 0.5) is 8.78 Å². The van der Waals surface area contributed by atoms with Crippen molar-refractivity contribution in [2.24, 2.45) is 5.92 Å². The van der Waals surface area contributed by atoms with Gasteiger partial charge in [0, 0.05) is 17.5 Å². The molecule has 1 fully saturated rings. The van der Waals surface area contributed by atoms with Gasteiger partial charge in [-0.25, -0.2) is 13.8 Å². The number of ketones is 1. The first-order valence-electron chi connectivity index (χ1n) is 12.3. The lowest BCUT2D eigenvalue weighted by Crippen LogP contribution is -2.26. The van der Waals surface area contributed by atoms with E-state index in [2.05, 4.69) is 4.98 Å². The van der Waals surface area contributed by atoms with Gasteiger partial charge >= 0.3 is 0 Å². The molecule has 1 saturated carbocycles. The summed E-state index contributed by atoms with van der Waals surface area (Å²) in [4.78, 5) is 17.7. The second-order valence-electron chi connectivity index (χ2n) is 9.21. The van der Waals surface area contributed by atoms with Crippen molar-refractivity contribution in [3.8, 4) is 28.5 Å². The van der Waals surface area contributed by atoms with Gasteiger partial charge in [0.2, 0.25) is 0 Å². The molecule has 1 heterocycles. The number of hydrogen-bond donors (Lipinski definition) is 1. The number of pyridine rings is 1. The highest BCUT2D eigenvalue weighted by molar-refractivity contribution is 5.96. The van der Waals surface area contributed by atoms with Crippen LogP contribution in [-0.2, 0) is 5.67 Å². The lowest BCUT2D eigenvalue weighted by molar-refractivity contribution is 0.0848. The number of hydrogen-bond acceptors (Lipinski definition) is 6. The highest BCUT2D eigenvalue weighted by Crippen LogP contribution is 2.51. The van der Waals surface area contributed by atoms with Crippen molar-refractivity contribution in [1.82, 2.24) is 4.98 Å². The molecule has 1 aliphatic rings. The Hall–Kier alpha value is -3.52. The second-order valence-corrected chi connectivity index (χ2v) is 9.21. The minimum Gasteiger partial charge on any atom is -0.494 e. The molecule has 196 valence electrons. The van der Waals surface area contributed by atoms with Crippen molar-refractivity contribution in [1.29, 1.82) is 0 Å². The fraction of sp³-hybridized carbons (Fsp3) is 0.379. The van der Waals surface area contributed by atoms with Crippen molar-refractivity contribution < 1.29 is 32.9 Å². The molecule has 1 atom stereocenters. The molecule has 0 spiro atoms. The number of carbonyl (C=O) groups excluding carboxylic acids is 1. The first kappa shape index (κ1) is 26.5. The first-order valence-corrected chi connectivity index (χ1v) is 12.3. The van der Waals surface area contributed by atoms with Crippen LogP contribution in [0, 0.1) is 18.7 Å². The highest BCUT2D eigenvalue weighted by atomic mass is 19.1. The summed E-state index contributed by atoms with van der Waals surface area (Å²) in [5, 5.41) is 8.98. The first-order chi connectivity index (χ1) is 17.8. The van der Waals surface area contributed by atoms with Gasteiger partial charge in [0.25, 0.3) is 0 Å². The van der Waals surface area contributed by atoms with Crippen LogP contribution in [0.15, 0.2) is 48.5 Å². The summed E-state index contributed by atoms with van der Waals surface area (Å²) >= 11 is 0. The molecule has 1 aliphatic carbocycles. The summed E-state index contributed by atoms with van der Waals surface area (Å²) in [5.41, 5.74) is 0.347. The number of aryl methyl sites for hydroxylation is 1. The maximum Gasteiger partial charge on any atom is 0.163 e. The molecular weight excluding hydrogens is 480 g/mol. The number of Topliss-reactive ketones (excluding diaryl/α,β-unsaturated/α-hetero) is 1. The molecule has 6 nitrogen and oxygen atoms in total.